The van der Waals surface area contributed by atoms with Crippen molar-refractivity contribution in [2.75, 3.05) is 6.54 Å². The molecule has 3 aromatic rings. The number of nitrogens with zero attached hydrogens (tertiary/aromatic N) is 4. The molecule has 0 bridgehead atoms. The molecule has 5 nitrogen and oxygen atoms in total. The molecule has 1 fully saturated rings. The zero-order valence-electron chi connectivity index (χ0n) is 17.6. The highest BCUT2D eigenvalue weighted by Gasteiger charge is 2.38. The lowest BCUT2D eigenvalue weighted by Gasteiger charge is -2.38. The Labute approximate surface area is 201 Å². The van der Waals surface area contributed by atoms with Gasteiger partial charge < -0.3 is 4.90 Å². The van der Waals surface area contributed by atoms with Crippen molar-refractivity contribution in [1.82, 2.24) is 19.8 Å². The van der Waals surface area contributed by atoms with Crippen LogP contribution >= 0.6 is 27.5 Å². The van der Waals surface area contributed by atoms with E-state index in [0.717, 1.165) is 71.5 Å². The van der Waals surface area contributed by atoms with Gasteiger partial charge in [-0.05, 0) is 88.1 Å². The molecule has 1 saturated heterocycles. The Morgan fingerprint density at radius 1 is 1.19 bits per heavy atom. The van der Waals surface area contributed by atoms with Gasteiger partial charge in [0, 0.05) is 41.2 Å². The number of pyridine rings is 2. The number of halogens is 2. The van der Waals surface area contributed by atoms with E-state index in [1.54, 1.807) is 6.20 Å². The summed E-state index contributed by atoms with van der Waals surface area (Å²) < 4.78 is 0.954. The van der Waals surface area contributed by atoms with Crippen LogP contribution in [0, 0.1) is 0 Å². The fourth-order valence-corrected chi connectivity index (χ4v) is 5.65. The van der Waals surface area contributed by atoms with E-state index in [1.807, 2.05) is 35.5 Å². The lowest BCUT2D eigenvalue weighted by atomic mass is 9.96. The number of carbonyl (C=O) groups excluding carboxylic acids is 1. The Morgan fingerprint density at radius 3 is 2.88 bits per heavy atom. The molecule has 2 aliphatic rings. The van der Waals surface area contributed by atoms with E-state index in [1.165, 1.54) is 11.1 Å². The van der Waals surface area contributed by atoms with Gasteiger partial charge in [-0.2, -0.15) is 0 Å². The third-order valence-corrected chi connectivity index (χ3v) is 7.16. The maximum atomic E-state index is 12.7. The summed E-state index contributed by atoms with van der Waals surface area (Å²) >= 11 is 9.92. The molecular weight excluding hydrogens is 488 g/mol. The Morgan fingerprint density at radius 2 is 2.06 bits per heavy atom. The van der Waals surface area contributed by atoms with Crippen molar-refractivity contribution in [3.8, 4) is 0 Å². The average molecular weight is 512 g/mol. The molecule has 1 amide bonds. The number of amides is 1. The molecule has 2 atom stereocenters. The third kappa shape index (κ3) is 4.19. The van der Waals surface area contributed by atoms with Crippen LogP contribution in [-0.2, 0) is 24.2 Å². The summed E-state index contributed by atoms with van der Waals surface area (Å²) in [5, 5.41) is 0.722. The molecule has 1 aromatic carbocycles. The SMILES string of the molecule is O=CN(C1c2ccc(Cl)cc2CCc2cc(Br)cnc21)C1CCCN1Cc1cccnc1. The second-order valence-electron chi connectivity index (χ2n) is 8.45. The van der Waals surface area contributed by atoms with Gasteiger partial charge in [-0.1, -0.05) is 23.7 Å². The van der Waals surface area contributed by atoms with E-state index in [0.29, 0.717) is 0 Å². The van der Waals surface area contributed by atoms with Crippen LogP contribution in [0.15, 0.2) is 59.5 Å². The highest BCUT2D eigenvalue weighted by molar-refractivity contribution is 9.10. The summed E-state index contributed by atoms with van der Waals surface area (Å²) in [6.45, 7) is 1.72. The molecule has 0 spiro atoms. The van der Waals surface area contributed by atoms with Gasteiger partial charge in [0.15, 0.2) is 0 Å². The minimum absolute atomic E-state index is 0.00219. The molecule has 7 heteroatoms. The second-order valence-corrected chi connectivity index (χ2v) is 9.80. The predicted molar refractivity (Wildman–Crippen MR) is 128 cm³/mol. The van der Waals surface area contributed by atoms with Crippen LogP contribution in [0.3, 0.4) is 0 Å². The van der Waals surface area contributed by atoms with Crippen molar-refractivity contribution < 1.29 is 4.79 Å². The third-order valence-electron chi connectivity index (χ3n) is 6.49. The second kappa shape index (κ2) is 9.30. The zero-order valence-corrected chi connectivity index (χ0v) is 20.0. The van der Waals surface area contributed by atoms with Gasteiger partial charge in [-0.3, -0.25) is 19.7 Å². The number of rotatable bonds is 5. The van der Waals surface area contributed by atoms with Gasteiger partial charge in [0.25, 0.3) is 0 Å². The Kier molecular flexibility index (Phi) is 6.26. The number of aromatic nitrogens is 2. The fraction of sp³-hybridized carbons (Fsp3) is 0.320. The number of fused-ring (bicyclic) bond motifs is 2. The van der Waals surface area contributed by atoms with Crippen LogP contribution in [0.25, 0.3) is 0 Å². The smallest absolute Gasteiger partial charge is 0.211 e. The van der Waals surface area contributed by atoms with Crippen molar-refractivity contribution >= 4 is 33.9 Å². The standard InChI is InChI=1S/C25H24BrClN4O/c26-20-11-19-6-5-18-12-21(27)7-8-22(18)25(24(19)29-14-20)31(16-32)23-4-2-10-30(23)15-17-3-1-9-28-13-17/h1,3,7-9,11-14,16,23,25H,2,4-6,10,15H2. The quantitative estimate of drug-likeness (QED) is 0.444. The number of aryl methyl sites for hydroxylation is 2. The first kappa shape index (κ1) is 21.6. The topological polar surface area (TPSA) is 49.3 Å². The minimum Gasteiger partial charge on any atom is -0.317 e. The molecule has 1 aliphatic carbocycles. The molecule has 0 N–H and O–H groups in total. The first-order chi connectivity index (χ1) is 15.6. The van der Waals surface area contributed by atoms with Crippen molar-refractivity contribution in [3.63, 3.8) is 0 Å². The first-order valence-electron chi connectivity index (χ1n) is 10.9. The largest absolute Gasteiger partial charge is 0.317 e. The zero-order chi connectivity index (χ0) is 22.1. The van der Waals surface area contributed by atoms with Gasteiger partial charge >= 0.3 is 0 Å². The summed E-state index contributed by atoms with van der Waals surface area (Å²) in [4.78, 5) is 26.1. The summed E-state index contributed by atoms with van der Waals surface area (Å²) in [5.74, 6) is 0. The molecule has 2 aromatic heterocycles. The molecule has 5 rings (SSSR count). The van der Waals surface area contributed by atoms with E-state index in [9.17, 15) is 4.79 Å². The molecule has 0 radical (unpaired) electrons. The molecule has 0 saturated carbocycles. The lowest BCUT2D eigenvalue weighted by molar-refractivity contribution is -0.125. The number of benzene rings is 1. The average Bonchev–Trinajstić information content (AvgIpc) is 3.19. The van der Waals surface area contributed by atoms with Crippen LogP contribution in [0.1, 0.15) is 46.8 Å². The predicted octanol–water partition coefficient (Wildman–Crippen LogP) is 5.16. The molecule has 1 aliphatic heterocycles. The van der Waals surface area contributed by atoms with E-state index < -0.39 is 0 Å². The van der Waals surface area contributed by atoms with Gasteiger partial charge in [0.1, 0.15) is 6.04 Å². The number of hydrogen-bond acceptors (Lipinski definition) is 4. The van der Waals surface area contributed by atoms with E-state index in [-0.39, 0.29) is 12.2 Å². The maximum Gasteiger partial charge on any atom is 0.211 e. The molecular formula is C25H24BrClN4O. The van der Waals surface area contributed by atoms with Crippen LogP contribution in [0.2, 0.25) is 5.02 Å². The maximum absolute atomic E-state index is 12.7. The monoisotopic (exact) mass is 510 g/mol. The summed E-state index contributed by atoms with van der Waals surface area (Å²) in [6, 6.07) is 12.0. The number of hydrogen-bond donors (Lipinski definition) is 0. The van der Waals surface area contributed by atoms with E-state index >= 15 is 0 Å². The molecule has 32 heavy (non-hydrogen) atoms. The fourth-order valence-electron chi connectivity index (χ4n) is 5.07. The summed E-state index contributed by atoms with van der Waals surface area (Å²) in [7, 11) is 0. The van der Waals surface area contributed by atoms with Crippen molar-refractivity contribution in [2.24, 2.45) is 0 Å². The van der Waals surface area contributed by atoms with Crippen molar-refractivity contribution in [1.29, 1.82) is 0 Å². The number of likely N-dealkylation sites (tertiary alicyclic amines) is 1. The Balaban J connectivity index is 1.57. The van der Waals surface area contributed by atoms with Gasteiger partial charge in [-0.15, -0.1) is 0 Å². The highest BCUT2D eigenvalue weighted by Crippen LogP contribution is 2.40. The Bertz CT molecular complexity index is 1070. The first-order valence-corrected chi connectivity index (χ1v) is 12.1. The molecule has 2 unspecified atom stereocenters. The van der Waals surface area contributed by atoms with Crippen LogP contribution < -0.4 is 0 Å². The van der Waals surface area contributed by atoms with Gasteiger partial charge in [0.05, 0.1) is 11.9 Å². The van der Waals surface area contributed by atoms with Crippen molar-refractivity contribution in [2.45, 2.75) is 44.4 Å². The minimum atomic E-state index is -0.245. The number of carbonyl (C=O) groups is 1. The molecule has 3 heterocycles. The normalized spacial score (nSPS) is 20.3. The Hall–Kier alpha value is -2.28. The van der Waals surface area contributed by atoms with Crippen LogP contribution in [0.5, 0.6) is 0 Å². The summed E-state index contributed by atoms with van der Waals surface area (Å²) in [5.41, 5.74) is 5.57. The van der Waals surface area contributed by atoms with Crippen LogP contribution in [-0.4, -0.2) is 38.9 Å². The van der Waals surface area contributed by atoms with E-state index in [4.69, 9.17) is 16.6 Å². The van der Waals surface area contributed by atoms with Gasteiger partial charge in [-0.25, -0.2) is 0 Å². The van der Waals surface area contributed by atoms with Crippen LogP contribution in [0.4, 0.5) is 0 Å². The highest BCUT2D eigenvalue weighted by atomic mass is 79.9. The van der Waals surface area contributed by atoms with E-state index in [2.05, 4.69) is 44.0 Å². The molecule has 164 valence electrons. The van der Waals surface area contributed by atoms with Crippen molar-refractivity contribution in [3.05, 3.63) is 92.4 Å². The van der Waals surface area contributed by atoms with Gasteiger partial charge in [0.2, 0.25) is 6.41 Å². The lowest BCUT2D eigenvalue weighted by Crippen LogP contribution is -2.46. The summed E-state index contributed by atoms with van der Waals surface area (Å²) in [6.07, 6.45) is 10.2.